The number of carbonyl (C=O) groups excluding carboxylic acids is 1. The van der Waals surface area contributed by atoms with Gasteiger partial charge in [-0.05, 0) is 48.9 Å². The van der Waals surface area contributed by atoms with Crippen molar-refractivity contribution in [1.29, 1.82) is 0 Å². The van der Waals surface area contributed by atoms with Crippen molar-refractivity contribution in [3.63, 3.8) is 0 Å². The molecule has 2 aromatic rings. The Labute approximate surface area is 171 Å². The number of carbonyl (C=O) groups is 1. The summed E-state index contributed by atoms with van der Waals surface area (Å²) in [7, 11) is 0. The standard InChI is InChI=1S/C23H29FN2O3/c1-17(25-18(2)27)19-4-8-22(9-5-19)29-23-12-14-26(16-23)20-6-10-21(11-7-20)28-15-3-13-24/h4-11,17,23H,3,12-16H2,1-2H3,(H,25,27)/t17-,23+/m0/s1. The van der Waals surface area contributed by atoms with Crippen molar-refractivity contribution >= 4 is 11.6 Å². The molecule has 0 saturated carbocycles. The number of ether oxygens (including phenoxy) is 2. The first-order valence-corrected chi connectivity index (χ1v) is 10.1. The Morgan fingerprint density at radius 1 is 1.17 bits per heavy atom. The van der Waals surface area contributed by atoms with Gasteiger partial charge in [-0.2, -0.15) is 0 Å². The summed E-state index contributed by atoms with van der Waals surface area (Å²) in [4.78, 5) is 13.5. The molecule has 29 heavy (non-hydrogen) atoms. The van der Waals surface area contributed by atoms with E-state index in [4.69, 9.17) is 9.47 Å². The van der Waals surface area contributed by atoms with Crippen molar-refractivity contribution < 1.29 is 18.7 Å². The average molecular weight is 400 g/mol. The molecule has 3 rings (SSSR count). The maximum Gasteiger partial charge on any atom is 0.217 e. The molecule has 156 valence electrons. The minimum atomic E-state index is -0.357. The number of nitrogens with one attached hydrogen (secondary N) is 1. The Kier molecular flexibility index (Phi) is 7.33. The molecule has 2 atom stereocenters. The van der Waals surface area contributed by atoms with E-state index in [0.29, 0.717) is 13.0 Å². The first-order valence-electron chi connectivity index (χ1n) is 10.1. The van der Waals surface area contributed by atoms with Gasteiger partial charge in [0.05, 0.1) is 25.9 Å². The van der Waals surface area contributed by atoms with E-state index in [1.54, 1.807) is 0 Å². The second-order valence-corrected chi connectivity index (χ2v) is 7.35. The van der Waals surface area contributed by atoms with Gasteiger partial charge in [0, 0.05) is 32.0 Å². The lowest BCUT2D eigenvalue weighted by Crippen LogP contribution is -2.24. The zero-order valence-electron chi connectivity index (χ0n) is 17.1. The highest BCUT2D eigenvalue weighted by Gasteiger charge is 2.24. The highest BCUT2D eigenvalue weighted by atomic mass is 19.1. The molecule has 0 bridgehead atoms. The largest absolute Gasteiger partial charge is 0.493 e. The molecule has 1 aliphatic rings. The van der Waals surface area contributed by atoms with Crippen LogP contribution in [0.3, 0.4) is 0 Å². The molecule has 0 spiro atoms. The van der Waals surface area contributed by atoms with Crippen molar-refractivity contribution in [2.24, 2.45) is 0 Å². The second kappa shape index (κ2) is 10.1. The van der Waals surface area contributed by atoms with E-state index < -0.39 is 0 Å². The third kappa shape index (κ3) is 6.11. The summed E-state index contributed by atoms with van der Waals surface area (Å²) < 4.78 is 23.8. The first-order chi connectivity index (χ1) is 14.0. The van der Waals surface area contributed by atoms with Gasteiger partial charge in [-0.25, -0.2) is 0 Å². The first kappa shape index (κ1) is 21.0. The predicted octanol–water partition coefficient (Wildman–Crippen LogP) is 4.28. The summed E-state index contributed by atoms with van der Waals surface area (Å²) in [5.41, 5.74) is 2.18. The third-order valence-corrected chi connectivity index (χ3v) is 5.00. The fourth-order valence-corrected chi connectivity index (χ4v) is 3.47. The van der Waals surface area contributed by atoms with Gasteiger partial charge in [0.15, 0.2) is 0 Å². The van der Waals surface area contributed by atoms with Gasteiger partial charge in [-0.15, -0.1) is 0 Å². The Morgan fingerprint density at radius 3 is 2.52 bits per heavy atom. The second-order valence-electron chi connectivity index (χ2n) is 7.35. The van der Waals surface area contributed by atoms with Crippen molar-refractivity contribution in [3.8, 4) is 11.5 Å². The highest BCUT2D eigenvalue weighted by Crippen LogP contribution is 2.26. The minimum Gasteiger partial charge on any atom is -0.493 e. The summed E-state index contributed by atoms with van der Waals surface area (Å²) in [5, 5.41) is 2.88. The summed E-state index contributed by atoms with van der Waals surface area (Å²) in [6.07, 6.45) is 1.51. The van der Waals surface area contributed by atoms with Crippen LogP contribution in [0.25, 0.3) is 0 Å². The van der Waals surface area contributed by atoms with Gasteiger partial charge < -0.3 is 19.7 Å². The third-order valence-electron chi connectivity index (χ3n) is 5.00. The lowest BCUT2D eigenvalue weighted by molar-refractivity contribution is -0.119. The molecule has 1 heterocycles. The summed E-state index contributed by atoms with van der Waals surface area (Å²) in [5.74, 6) is 1.57. The van der Waals surface area contributed by atoms with Crippen LogP contribution in [-0.2, 0) is 4.79 Å². The molecule has 0 aromatic heterocycles. The Balaban J connectivity index is 1.50. The van der Waals surface area contributed by atoms with Crippen LogP contribution in [0.15, 0.2) is 48.5 Å². The van der Waals surface area contributed by atoms with Crippen LogP contribution in [0.2, 0.25) is 0 Å². The van der Waals surface area contributed by atoms with E-state index in [2.05, 4.69) is 10.2 Å². The number of nitrogens with zero attached hydrogens (tertiary/aromatic N) is 1. The van der Waals surface area contributed by atoms with E-state index in [1.807, 2.05) is 55.5 Å². The molecule has 1 fully saturated rings. The molecule has 6 heteroatoms. The number of benzene rings is 2. The Bertz CT molecular complexity index is 780. The van der Waals surface area contributed by atoms with Crippen molar-refractivity contribution in [2.45, 2.75) is 38.8 Å². The van der Waals surface area contributed by atoms with Crippen LogP contribution in [0.4, 0.5) is 10.1 Å². The monoisotopic (exact) mass is 400 g/mol. The van der Waals surface area contributed by atoms with Gasteiger partial charge in [0.1, 0.15) is 17.6 Å². The zero-order chi connectivity index (χ0) is 20.6. The number of anilines is 1. The number of rotatable bonds is 9. The van der Waals surface area contributed by atoms with E-state index >= 15 is 0 Å². The molecular formula is C23H29FN2O3. The highest BCUT2D eigenvalue weighted by molar-refractivity contribution is 5.73. The van der Waals surface area contributed by atoms with Gasteiger partial charge in [0.25, 0.3) is 0 Å². The normalized spacial score (nSPS) is 17.1. The van der Waals surface area contributed by atoms with Gasteiger partial charge in [-0.3, -0.25) is 9.18 Å². The molecule has 2 aromatic carbocycles. The van der Waals surface area contributed by atoms with Crippen LogP contribution in [0.5, 0.6) is 11.5 Å². The summed E-state index contributed by atoms with van der Waals surface area (Å²) >= 11 is 0. The van der Waals surface area contributed by atoms with Crippen LogP contribution >= 0.6 is 0 Å². The lowest BCUT2D eigenvalue weighted by atomic mass is 10.1. The fraction of sp³-hybridized carbons (Fsp3) is 0.435. The van der Waals surface area contributed by atoms with Gasteiger partial charge in [0.2, 0.25) is 5.91 Å². The predicted molar refractivity (Wildman–Crippen MR) is 112 cm³/mol. The molecule has 0 unspecified atom stereocenters. The van der Waals surface area contributed by atoms with Crippen LogP contribution < -0.4 is 19.7 Å². The molecule has 1 amide bonds. The van der Waals surface area contributed by atoms with Crippen molar-refractivity contribution in [3.05, 3.63) is 54.1 Å². The fourth-order valence-electron chi connectivity index (χ4n) is 3.47. The van der Waals surface area contributed by atoms with Crippen LogP contribution in [0.1, 0.15) is 38.3 Å². The molecule has 1 saturated heterocycles. The quantitative estimate of drug-likeness (QED) is 0.639. The number of hydrogen-bond acceptors (Lipinski definition) is 4. The average Bonchev–Trinajstić information content (AvgIpc) is 3.17. The lowest BCUT2D eigenvalue weighted by Gasteiger charge is -2.20. The maximum atomic E-state index is 12.1. The van der Waals surface area contributed by atoms with E-state index in [-0.39, 0.29) is 24.7 Å². The molecule has 5 nitrogen and oxygen atoms in total. The molecule has 0 aliphatic carbocycles. The van der Waals surface area contributed by atoms with Gasteiger partial charge >= 0.3 is 0 Å². The summed E-state index contributed by atoms with van der Waals surface area (Å²) in [6.45, 7) is 5.29. The molecule has 0 radical (unpaired) electrons. The number of halogens is 1. The minimum absolute atomic E-state index is 0.0209. The Morgan fingerprint density at radius 2 is 1.86 bits per heavy atom. The Hall–Kier alpha value is -2.76. The summed E-state index contributed by atoms with van der Waals surface area (Å²) in [6, 6.07) is 15.8. The van der Waals surface area contributed by atoms with E-state index in [0.717, 1.165) is 42.3 Å². The smallest absolute Gasteiger partial charge is 0.217 e. The SMILES string of the molecule is CC(=O)N[C@@H](C)c1ccc(O[C@@H]2CCN(c3ccc(OCCCF)cc3)C2)cc1. The van der Waals surface area contributed by atoms with Gasteiger partial charge in [-0.1, -0.05) is 12.1 Å². The number of amides is 1. The maximum absolute atomic E-state index is 12.1. The zero-order valence-corrected chi connectivity index (χ0v) is 17.1. The topological polar surface area (TPSA) is 50.8 Å². The van der Waals surface area contributed by atoms with E-state index in [9.17, 15) is 9.18 Å². The van der Waals surface area contributed by atoms with Crippen molar-refractivity contribution in [1.82, 2.24) is 5.32 Å². The van der Waals surface area contributed by atoms with Crippen LogP contribution in [-0.4, -0.2) is 38.4 Å². The van der Waals surface area contributed by atoms with Crippen LogP contribution in [0, 0.1) is 0 Å². The molecule has 1 N–H and O–H groups in total. The van der Waals surface area contributed by atoms with Crippen molar-refractivity contribution in [2.75, 3.05) is 31.3 Å². The number of alkyl halides is 1. The number of hydrogen-bond donors (Lipinski definition) is 1. The molecule has 1 aliphatic heterocycles. The van der Waals surface area contributed by atoms with E-state index in [1.165, 1.54) is 6.92 Å². The molecular weight excluding hydrogens is 371 g/mol.